The van der Waals surface area contributed by atoms with Crippen LogP contribution in [0, 0.1) is 5.82 Å². The van der Waals surface area contributed by atoms with E-state index >= 15 is 0 Å². The lowest BCUT2D eigenvalue weighted by atomic mass is 10.1. The summed E-state index contributed by atoms with van der Waals surface area (Å²) in [4.78, 5) is 22.0. The zero-order valence-electron chi connectivity index (χ0n) is 21.1. The summed E-state index contributed by atoms with van der Waals surface area (Å²) in [6.45, 7) is 1.39. The van der Waals surface area contributed by atoms with Crippen molar-refractivity contribution in [1.82, 2.24) is 19.5 Å². The summed E-state index contributed by atoms with van der Waals surface area (Å²) in [5, 5.41) is 4.67. The van der Waals surface area contributed by atoms with Crippen LogP contribution in [0.5, 0.6) is 0 Å². The maximum atomic E-state index is 13.8. The summed E-state index contributed by atoms with van der Waals surface area (Å²) < 4.78 is 54.7. The fraction of sp³-hybridized carbons (Fsp3) is 0.167. The van der Waals surface area contributed by atoms with Crippen molar-refractivity contribution in [1.29, 1.82) is 0 Å². The van der Waals surface area contributed by atoms with Gasteiger partial charge < -0.3 is 9.80 Å². The Hall–Kier alpha value is -4.73. The first-order chi connectivity index (χ1) is 19.3. The number of hydrogen-bond donors (Lipinski definition) is 0. The van der Waals surface area contributed by atoms with E-state index < -0.39 is 11.7 Å². The van der Waals surface area contributed by atoms with Crippen molar-refractivity contribution >= 4 is 17.2 Å². The van der Waals surface area contributed by atoms with E-state index in [9.17, 15) is 22.4 Å². The first-order valence-corrected chi connectivity index (χ1v) is 12.7. The van der Waals surface area contributed by atoms with E-state index in [1.165, 1.54) is 22.7 Å². The van der Waals surface area contributed by atoms with E-state index in [1.807, 2.05) is 35.2 Å². The van der Waals surface area contributed by atoms with Gasteiger partial charge in [-0.1, -0.05) is 36.4 Å². The number of halogens is 4. The molecule has 6 rings (SSSR count). The molecule has 0 N–H and O–H groups in total. The Morgan fingerprint density at radius 2 is 1.45 bits per heavy atom. The summed E-state index contributed by atoms with van der Waals surface area (Å²) in [6, 6.07) is 24.0. The van der Waals surface area contributed by atoms with Crippen molar-refractivity contribution in [3.05, 3.63) is 108 Å². The number of aromatic nitrogens is 3. The van der Waals surface area contributed by atoms with Gasteiger partial charge >= 0.3 is 6.18 Å². The number of piperazine rings is 1. The van der Waals surface area contributed by atoms with Crippen LogP contribution in [-0.2, 0) is 6.18 Å². The number of alkyl halides is 3. The molecule has 0 atom stereocenters. The number of anilines is 1. The molecule has 10 heteroatoms. The fourth-order valence-electron chi connectivity index (χ4n) is 4.85. The number of nitrogens with zero attached hydrogens (tertiary/aromatic N) is 5. The van der Waals surface area contributed by atoms with E-state index in [-0.39, 0.29) is 11.7 Å². The molecule has 5 aromatic rings. The highest BCUT2D eigenvalue weighted by Gasteiger charge is 2.31. The first kappa shape index (κ1) is 25.5. The Morgan fingerprint density at radius 3 is 2.15 bits per heavy atom. The fourth-order valence-corrected chi connectivity index (χ4v) is 4.85. The van der Waals surface area contributed by atoms with Gasteiger partial charge in [-0.25, -0.2) is 13.9 Å². The van der Waals surface area contributed by atoms with Gasteiger partial charge in [0.1, 0.15) is 11.5 Å². The highest BCUT2D eigenvalue weighted by molar-refractivity contribution is 5.94. The van der Waals surface area contributed by atoms with Crippen molar-refractivity contribution in [2.75, 3.05) is 31.1 Å². The van der Waals surface area contributed by atoms with Crippen LogP contribution in [0.1, 0.15) is 16.1 Å². The number of hydrogen-bond acceptors (Lipinski definition) is 4. The molecule has 1 aliphatic rings. The molecule has 0 unspecified atom stereocenters. The molecule has 202 valence electrons. The van der Waals surface area contributed by atoms with E-state index in [1.54, 1.807) is 35.2 Å². The Bertz CT molecular complexity index is 1670. The molecule has 6 nitrogen and oxygen atoms in total. The Kier molecular flexibility index (Phi) is 6.45. The van der Waals surface area contributed by atoms with Crippen LogP contribution < -0.4 is 4.90 Å². The average molecular weight is 546 g/mol. The van der Waals surface area contributed by atoms with Crippen molar-refractivity contribution in [3.63, 3.8) is 0 Å². The van der Waals surface area contributed by atoms with Crippen LogP contribution in [-0.4, -0.2) is 51.6 Å². The van der Waals surface area contributed by atoms with Crippen LogP contribution in [0.2, 0.25) is 0 Å². The maximum absolute atomic E-state index is 13.8. The Labute approximate surface area is 227 Å². The second-order valence-corrected chi connectivity index (χ2v) is 9.53. The lowest BCUT2D eigenvalue weighted by Crippen LogP contribution is -2.49. The van der Waals surface area contributed by atoms with Gasteiger partial charge in [0, 0.05) is 49.1 Å². The van der Waals surface area contributed by atoms with Gasteiger partial charge in [0.2, 0.25) is 0 Å². The SMILES string of the molecule is O=C(c1cc(-c2ccc(F)cc2)nc2cc(-c3ccccc3)nn12)N1CCN(c2cccc(C(F)(F)F)c2)CC1. The molecule has 0 radical (unpaired) electrons. The van der Waals surface area contributed by atoms with E-state index in [2.05, 4.69) is 5.10 Å². The van der Waals surface area contributed by atoms with Crippen LogP contribution in [0.25, 0.3) is 28.2 Å². The maximum Gasteiger partial charge on any atom is 0.416 e. The third-order valence-corrected chi connectivity index (χ3v) is 6.96. The predicted octanol–water partition coefficient (Wildman–Crippen LogP) is 6.18. The van der Waals surface area contributed by atoms with Crippen molar-refractivity contribution in [2.24, 2.45) is 0 Å². The van der Waals surface area contributed by atoms with Crippen LogP contribution in [0.3, 0.4) is 0 Å². The van der Waals surface area contributed by atoms with Crippen LogP contribution in [0.15, 0.2) is 91.0 Å². The summed E-state index contributed by atoms with van der Waals surface area (Å²) in [7, 11) is 0. The largest absolute Gasteiger partial charge is 0.416 e. The highest BCUT2D eigenvalue weighted by Crippen LogP contribution is 2.32. The number of benzene rings is 3. The van der Waals surface area contributed by atoms with Gasteiger partial charge in [0.15, 0.2) is 5.65 Å². The van der Waals surface area contributed by atoms with Gasteiger partial charge in [-0.3, -0.25) is 4.79 Å². The topological polar surface area (TPSA) is 53.7 Å². The summed E-state index contributed by atoms with van der Waals surface area (Å²) >= 11 is 0. The lowest BCUT2D eigenvalue weighted by molar-refractivity contribution is -0.137. The normalized spacial score (nSPS) is 14.1. The molecule has 40 heavy (non-hydrogen) atoms. The predicted molar refractivity (Wildman–Crippen MR) is 143 cm³/mol. The summed E-state index contributed by atoms with van der Waals surface area (Å²) in [5.41, 5.74) is 3.17. The first-order valence-electron chi connectivity index (χ1n) is 12.7. The third kappa shape index (κ3) is 5.00. The van der Waals surface area contributed by atoms with Crippen LogP contribution >= 0.6 is 0 Å². The third-order valence-electron chi connectivity index (χ3n) is 6.96. The molecule has 1 fully saturated rings. The van der Waals surface area contributed by atoms with Gasteiger partial charge in [-0.05, 0) is 48.5 Å². The van der Waals surface area contributed by atoms with E-state index in [0.29, 0.717) is 60.2 Å². The quantitative estimate of drug-likeness (QED) is 0.253. The smallest absolute Gasteiger partial charge is 0.368 e. The zero-order valence-corrected chi connectivity index (χ0v) is 21.1. The number of carbonyl (C=O) groups excluding carboxylic acids is 1. The monoisotopic (exact) mass is 545 g/mol. The molecule has 0 saturated carbocycles. The highest BCUT2D eigenvalue weighted by atomic mass is 19.4. The Morgan fingerprint density at radius 1 is 0.750 bits per heavy atom. The molecule has 3 aromatic carbocycles. The summed E-state index contributed by atoms with van der Waals surface area (Å²) in [6.07, 6.45) is -4.43. The molecule has 1 amide bonds. The minimum Gasteiger partial charge on any atom is -0.368 e. The van der Waals surface area contributed by atoms with E-state index in [4.69, 9.17) is 4.98 Å². The second-order valence-electron chi connectivity index (χ2n) is 9.53. The lowest BCUT2D eigenvalue weighted by Gasteiger charge is -2.36. The van der Waals surface area contributed by atoms with Crippen molar-refractivity contribution < 1.29 is 22.4 Å². The van der Waals surface area contributed by atoms with Gasteiger partial charge in [-0.2, -0.15) is 18.3 Å². The minimum atomic E-state index is -4.43. The molecular formula is C30H23F4N5O. The minimum absolute atomic E-state index is 0.276. The van der Waals surface area contributed by atoms with Gasteiger partial charge in [0.05, 0.1) is 17.0 Å². The molecular weight excluding hydrogens is 522 g/mol. The van der Waals surface area contributed by atoms with Crippen molar-refractivity contribution in [3.8, 4) is 22.5 Å². The summed E-state index contributed by atoms with van der Waals surface area (Å²) in [5.74, 6) is -0.655. The average Bonchev–Trinajstić information content (AvgIpc) is 3.41. The number of fused-ring (bicyclic) bond motifs is 1. The molecule has 2 aromatic heterocycles. The Balaban J connectivity index is 1.32. The molecule has 0 bridgehead atoms. The molecule has 1 saturated heterocycles. The van der Waals surface area contributed by atoms with E-state index in [0.717, 1.165) is 17.7 Å². The molecule has 3 heterocycles. The number of rotatable bonds is 4. The number of carbonyl (C=O) groups is 1. The van der Waals surface area contributed by atoms with Crippen LogP contribution in [0.4, 0.5) is 23.2 Å². The molecule has 0 spiro atoms. The standard InChI is InChI=1S/C30H23F4N5O/c31-23-11-9-21(10-12-23)25-18-27(39-28(35-25)19-26(36-39)20-5-2-1-3-6-20)29(40)38-15-13-37(14-16-38)24-8-4-7-22(17-24)30(32,33)34/h1-12,17-19H,13-16H2. The zero-order chi connectivity index (χ0) is 27.9. The van der Waals surface area contributed by atoms with Gasteiger partial charge in [0.25, 0.3) is 5.91 Å². The molecule has 0 aliphatic carbocycles. The molecule has 1 aliphatic heterocycles. The van der Waals surface area contributed by atoms with Gasteiger partial charge in [-0.15, -0.1) is 0 Å². The number of amides is 1. The van der Waals surface area contributed by atoms with Crippen molar-refractivity contribution in [2.45, 2.75) is 6.18 Å². The second kappa shape index (κ2) is 10.1.